The summed E-state index contributed by atoms with van der Waals surface area (Å²) in [5.41, 5.74) is 0.915. The molecule has 0 N–H and O–H groups in total. The third-order valence-electron chi connectivity index (χ3n) is 2.89. The summed E-state index contributed by atoms with van der Waals surface area (Å²) in [6.45, 7) is 7.04. The number of hydrogen-bond acceptors (Lipinski definition) is 5. The summed E-state index contributed by atoms with van der Waals surface area (Å²) in [5, 5.41) is 0.854. The van der Waals surface area contributed by atoms with Gasteiger partial charge in [-0.2, -0.15) is 0 Å². The molecule has 0 aliphatic rings. The topological polar surface area (TPSA) is 65.7 Å². The highest BCUT2D eigenvalue weighted by atomic mass is 16.6. The van der Waals surface area contributed by atoms with Crippen LogP contribution in [0.15, 0.2) is 46.1 Å². The molecule has 1 aromatic heterocycles. The van der Waals surface area contributed by atoms with Crippen molar-refractivity contribution in [1.29, 1.82) is 0 Å². The Bertz CT molecular complexity index is 729. The normalized spacial score (nSPS) is 11.9. The lowest BCUT2D eigenvalue weighted by molar-refractivity contribution is -0.139. The fourth-order valence-electron chi connectivity index (χ4n) is 1.90. The van der Waals surface area contributed by atoms with Gasteiger partial charge < -0.3 is 13.9 Å². The first-order valence-electron chi connectivity index (χ1n) is 6.50. The lowest BCUT2D eigenvalue weighted by Gasteiger charge is -2.14. The van der Waals surface area contributed by atoms with Crippen molar-refractivity contribution in [2.45, 2.75) is 20.0 Å². The molecule has 21 heavy (non-hydrogen) atoms. The fraction of sp³-hybridized carbons (Fsp3) is 0.250. The van der Waals surface area contributed by atoms with Gasteiger partial charge in [0.15, 0.2) is 0 Å². The number of fused-ring (bicyclic) bond motifs is 1. The Morgan fingerprint density at radius 3 is 2.90 bits per heavy atom. The van der Waals surface area contributed by atoms with Crippen LogP contribution in [0, 0.1) is 6.92 Å². The zero-order valence-corrected chi connectivity index (χ0v) is 11.9. The van der Waals surface area contributed by atoms with Crippen molar-refractivity contribution >= 4 is 16.9 Å². The van der Waals surface area contributed by atoms with Crippen molar-refractivity contribution < 1.29 is 18.7 Å². The molecule has 0 aliphatic heterocycles. The first kappa shape index (κ1) is 14.8. The highest BCUT2D eigenvalue weighted by Crippen LogP contribution is 2.22. The molecule has 2 aromatic rings. The molecule has 2 rings (SSSR count). The molecule has 110 valence electrons. The number of ether oxygens (including phenoxy) is 2. The zero-order valence-electron chi connectivity index (χ0n) is 11.9. The van der Waals surface area contributed by atoms with Crippen LogP contribution in [0.5, 0.6) is 5.75 Å². The van der Waals surface area contributed by atoms with Crippen LogP contribution in [0.2, 0.25) is 0 Å². The third-order valence-corrected chi connectivity index (χ3v) is 2.89. The van der Waals surface area contributed by atoms with Crippen LogP contribution in [0.25, 0.3) is 11.0 Å². The maximum atomic E-state index is 11.4. The zero-order chi connectivity index (χ0) is 15.4. The quantitative estimate of drug-likeness (QED) is 0.480. The van der Waals surface area contributed by atoms with E-state index in [0.29, 0.717) is 11.3 Å². The maximum absolute atomic E-state index is 11.4. The van der Waals surface area contributed by atoms with Crippen LogP contribution in [-0.2, 0) is 9.53 Å². The van der Waals surface area contributed by atoms with Gasteiger partial charge in [0, 0.05) is 23.6 Å². The van der Waals surface area contributed by atoms with E-state index >= 15 is 0 Å². The molecule has 0 saturated heterocycles. The van der Waals surface area contributed by atoms with E-state index < -0.39 is 11.6 Å². The molecule has 0 radical (unpaired) electrons. The lowest BCUT2D eigenvalue weighted by Crippen LogP contribution is -2.20. The van der Waals surface area contributed by atoms with Crippen LogP contribution < -0.4 is 10.4 Å². The van der Waals surface area contributed by atoms with Crippen LogP contribution in [0.4, 0.5) is 0 Å². The van der Waals surface area contributed by atoms with Crippen molar-refractivity contribution in [1.82, 2.24) is 0 Å². The van der Waals surface area contributed by atoms with E-state index in [1.807, 2.05) is 13.0 Å². The molecule has 1 atom stereocenters. The van der Waals surface area contributed by atoms with E-state index in [-0.39, 0.29) is 12.7 Å². The molecule has 1 heterocycles. The van der Waals surface area contributed by atoms with Crippen LogP contribution in [-0.4, -0.2) is 18.7 Å². The highest BCUT2D eigenvalue weighted by molar-refractivity contribution is 5.81. The number of carbonyl (C=O) groups excluding carboxylic acids is 1. The minimum atomic E-state index is -0.495. The Labute approximate surface area is 121 Å². The molecule has 5 nitrogen and oxygen atoms in total. The Morgan fingerprint density at radius 2 is 2.19 bits per heavy atom. The molecular formula is C16H16O5. The number of aryl methyl sites for hydroxylation is 1. The summed E-state index contributed by atoms with van der Waals surface area (Å²) >= 11 is 0. The summed E-state index contributed by atoms with van der Waals surface area (Å²) < 4.78 is 15.7. The average molecular weight is 288 g/mol. The van der Waals surface area contributed by atoms with Crippen molar-refractivity contribution in [2.24, 2.45) is 0 Å². The second-order valence-corrected chi connectivity index (χ2v) is 4.67. The second kappa shape index (κ2) is 6.26. The summed E-state index contributed by atoms with van der Waals surface area (Å²) in [5.74, 6) is 0.0454. The van der Waals surface area contributed by atoms with Crippen LogP contribution in [0.3, 0.4) is 0 Å². The summed E-state index contributed by atoms with van der Waals surface area (Å²) in [6, 6.07) is 6.70. The molecule has 0 fully saturated rings. The minimum Gasteiger partial charge on any atom is -0.487 e. The number of esters is 1. The first-order valence-corrected chi connectivity index (χ1v) is 6.50. The number of benzene rings is 1. The Kier molecular flexibility index (Phi) is 4.42. The summed E-state index contributed by atoms with van der Waals surface area (Å²) in [7, 11) is 0. The summed E-state index contributed by atoms with van der Waals surface area (Å²) in [6.07, 6.45) is 0.767. The first-order chi connectivity index (χ1) is 9.99. The van der Waals surface area contributed by atoms with Gasteiger partial charge in [0.25, 0.3) is 0 Å². The molecule has 5 heteroatoms. The van der Waals surface area contributed by atoms with Gasteiger partial charge in [0.1, 0.15) is 24.0 Å². The monoisotopic (exact) mass is 288 g/mol. The number of carbonyl (C=O) groups is 1. The van der Waals surface area contributed by atoms with Gasteiger partial charge in [-0.1, -0.05) is 6.58 Å². The molecule has 0 aliphatic carbocycles. The molecule has 1 aromatic carbocycles. The van der Waals surface area contributed by atoms with E-state index in [9.17, 15) is 9.59 Å². The number of rotatable bonds is 5. The van der Waals surface area contributed by atoms with Crippen LogP contribution >= 0.6 is 0 Å². The SMILES string of the molecule is C=CC(=O)OCC(C)Oc1ccc2c(C)cc(=O)oc2c1. The van der Waals surface area contributed by atoms with Gasteiger partial charge in [-0.05, 0) is 31.5 Å². The average Bonchev–Trinajstić information content (AvgIpc) is 2.44. The van der Waals surface area contributed by atoms with Gasteiger partial charge in [-0.3, -0.25) is 0 Å². The molecule has 0 spiro atoms. The van der Waals surface area contributed by atoms with E-state index in [4.69, 9.17) is 13.9 Å². The van der Waals surface area contributed by atoms with Crippen molar-refractivity contribution in [3.8, 4) is 5.75 Å². The molecule has 0 amide bonds. The van der Waals surface area contributed by atoms with E-state index in [2.05, 4.69) is 6.58 Å². The van der Waals surface area contributed by atoms with Gasteiger partial charge in [-0.25, -0.2) is 9.59 Å². The predicted molar refractivity (Wildman–Crippen MR) is 78.5 cm³/mol. The van der Waals surface area contributed by atoms with E-state index in [1.165, 1.54) is 6.07 Å². The maximum Gasteiger partial charge on any atom is 0.336 e. The molecular weight excluding hydrogens is 272 g/mol. The lowest BCUT2D eigenvalue weighted by atomic mass is 10.1. The van der Waals surface area contributed by atoms with Gasteiger partial charge in [-0.15, -0.1) is 0 Å². The molecule has 1 unspecified atom stereocenters. The van der Waals surface area contributed by atoms with Crippen molar-refractivity contribution in [3.05, 3.63) is 52.9 Å². The van der Waals surface area contributed by atoms with Gasteiger partial charge in [0.05, 0.1) is 0 Å². The van der Waals surface area contributed by atoms with Gasteiger partial charge in [0.2, 0.25) is 0 Å². The van der Waals surface area contributed by atoms with E-state index in [1.54, 1.807) is 19.1 Å². The predicted octanol–water partition coefficient (Wildman–Crippen LogP) is 2.60. The third kappa shape index (κ3) is 3.72. The van der Waals surface area contributed by atoms with Crippen LogP contribution in [0.1, 0.15) is 12.5 Å². The number of hydrogen-bond donors (Lipinski definition) is 0. The minimum absolute atomic E-state index is 0.112. The Morgan fingerprint density at radius 1 is 1.43 bits per heavy atom. The summed E-state index contributed by atoms with van der Waals surface area (Å²) in [4.78, 5) is 22.3. The Balaban J connectivity index is 2.14. The van der Waals surface area contributed by atoms with Crippen molar-refractivity contribution in [3.63, 3.8) is 0 Å². The smallest absolute Gasteiger partial charge is 0.336 e. The molecule has 0 bridgehead atoms. The molecule has 0 saturated carbocycles. The van der Waals surface area contributed by atoms with Gasteiger partial charge >= 0.3 is 11.6 Å². The van der Waals surface area contributed by atoms with E-state index in [0.717, 1.165) is 17.0 Å². The Hall–Kier alpha value is -2.56. The van der Waals surface area contributed by atoms with Crippen molar-refractivity contribution in [2.75, 3.05) is 6.61 Å². The standard InChI is InChI=1S/C16H16O5/c1-4-15(17)19-9-11(3)20-12-5-6-13-10(2)7-16(18)21-14(13)8-12/h4-8,11H,1,9H2,2-3H3. The fourth-order valence-corrected chi connectivity index (χ4v) is 1.90. The largest absolute Gasteiger partial charge is 0.487 e. The second-order valence-electron chi connectivity index (χ2n) is 4.67. The highest BCUT2D eigenvalue weighted by Gasteiger charge is 2.09.